The molecule has 5 nitrogen and oxygen atoms in total. The summed E-state index contributed by atoms with van der Waals surface area (Å²) < 4.78 is 14.3. The van der Waals surface area contributed by atoms with Gasteiger partial charge in [0.2, 0.25) is 5.91 Å². The number of rotatable bonds is 6. The van der Waals surface area contributed by atoms with Gasteiger partial charge in [0.1, 0.15) is 0 Å². The smallest absolute Gasteiger partial charge is 0.227 e. The van der Waals surface area contributed by atoms with E-state index >= 15 is 0 Å². The standard InChI is InChI=1S/C24H29FN4O/c1-17-15-18(2)29-24(26-17)21(16-22(30)28-13-4-3-5-14-28)23(27-29)20-10-8-19(9-11-20)7-6-12-25/h8-11,15H,3-7,12-14,16H2,1-2H3. The van der Waals surface area contributed by atoms with Crippen LogP contribution in [0.25, 0.3) is 16.9 Å². The van der Waals surface area contributed by atoms with E-state index in [1.54, 1.807) is 0 Å². The average molecular weight is 409 g/mol. The van der Waals surface area contributed by atoms with E-state index in [2.05, 4.69) is 0 Å². The molecule has 6 heteroatoms. The van der Waals surface area contributed by atoms with E-state index < -0.39 is 0 Å². The molecule has 0 spiro atoms. The van der Waals surface area contributed by atoms with Crippen molar-refractivity contribution in [2.75, 3.05) is 19.8 Å². The predicted octanol–water partition coefficient (Wildman–Crippen LogP) is 4.47. The Labute approximate surface area is 176 Å². The van der Waals surface area contributed by atoms with Gasteiger partial charge in [0.05, 0.1) is 18.8 Å². The summed E-state index contributed by atoms with van der Waals surface area (Å²) in [6.45, 7) is 5.34. The van der Waals surface area contributed by atoms with Gasteiger partial charge in [-0.1, -0.05) is 24.3 Å². The molecule has 1 saturated heterocycles. The number of benzene rings is 1. The molecule has 0 radical (unpaired) electrons. The van der Waals surface area contributed by atoms with Crippen LogP contribution in [0.3, 0.4) is 0 Å². The molecule has 1 fully saturated rings. The molecule has 0 unspecified atom stereocenters. The number of nitrogens with zero attached hydrogens (tertiary/aromatic N) is 4. The zero-order chi connectivity index (χ0) is 21.1. The molecule has 1 amide bonds. The molecule has 0 N–H and O–H groups in total. The summed E-state index contributed by atoms with van der Waals surface area (Å²) in [6.07, 6.45) is 4.90. The molecular formula is C24H29FN4O. The third-order valence-electron chi connectivity index (χ3n) is 5.85. The van der Waals surface area contributed by atoms with Gasteiger partial charge in [-0.2, -0.15) is 5.10 Å². The van der Waals surface area contributed by atoms with Crippen LogP contribution in [0.2, 0.25) is 0 Å². The van der Waals surface area contributed by atoms with E-state index in [-0.39, 0.29) is 12.6 Å². The Morgan fingerprint density at radius 1 is 1.10 bits per heavy atom. The molecule has 3 heterocycles. The molecular weight excluding hydrogens is 379 g/mol. The van der Waals surface area contributed by atoms with Crippen LogP contribution in [0.15, 0.2) is 30.3 Å². The zero-order valence-corrected chi connectivity index (χ0v) is 17.8. The van der Waals surface area contributed by atoms with Gasteiger partial charge >= 0.3 is 0 Å². The molecule has 4 rings (SSSR count). The average Bonchev–Trinajstić information content (AvgIpc) is 3.11. The van der Waals surface area contributed by atoms with E-state index in [1.165, 1.54) is 6.42 Å². The first-order chi connectivity index (χ1) is 14.6. The molecule has 1 aliphatic heterocycles. The SMILES string of the molecule is Cc1cc(C)n2nc(-c3ccc(CCCF)cc3)c(CC(=O)N3CCCCC3)c2n1. The number of carbonyl (C=O) groups excluding carboxylic acids is 1. The predicted molar refractivity (Wildman–Crippen MR) is 116 cm³/mol. The zero-order valence-electron chi connectivity index (χ0n) is 17.8. The summed E-state index contributed by atoms with van der Waals surface area (Å²) in [5, 5.41) is 4.84. The second-order valence-electron chi connectivity index (χ2n) is 8.21. The second kappa shape index (κ2) is 8.94. The van der Waals surface area contributed by atoms with E-state index in [9.17, 15) is 9.18 Å². The van der Waals surface area contributed by atoms with E-state index in [4.69, 9.17) is 10.1 Å². The largest absolute Gasteiger partial charge is 0.342 e. The number of carbonyl (C=O) groups is 1. The van der Waals surface area contributed by atoms with E-state index in [0.717, 1.165) is 71.8 Å². The number of likely N-dealkylation sites (tertiary alicyclic amines) is 1. The molecule has 3 aromatic rings. The van der Waals surface area contributed by atoms with Crippen LogP contribution in [-0.2, 0) is 17.6 Å². The van der Waals surface area contributed by atoms with E-state index in [0.29, 0.717) is 12.8 Å². The van der Waals surface area contributed by atoms with Crippen molar-refractivity contribution in [1.29, 1.82) is 0 Å². The summed E-state index contributed by atoms with van der Waals surface area (Å²) in [4.78, 5) is 19.8. The van der Waals surface area contributed by atoms with Gasteiger partial charge in [-0.15, -0.1) is 0 Å². The third-order valence-corrected chi connectivity index (χ3v) is 5.85. The first-order valence-electron chi connectivity index (χ1n) is 10.9. The molecule has 30 heavy (non-hydrogen) atoms. The highest BCUT2D eigenvalue weighted by atomic mass is 19.1. The number of aromatic nitrogens is 3. The van der Waals surface area contributed by atoms with Crippen molar-refractivity contribution >= 4 is 11.6 Å². The maximum atomic E-state index is 13.1. The topological polar surface area (TPSA) is 50.5 Å². The van der Waals surface area contributed by atoms with Gasteiger partial charge < -0.3 is 4.90 Å². The molecule has 2 aromatic heterocycles. The first kappa shape index (κ1) is 20.5. The number of amides is 1. The number of alkyl halides is 1. The summed E-state index contributed by atoms with van der Waals surface area (Å²) in [7, 11) is 0. The minimum atomic E-state index is -0.304. The molecule has 158 valence electrons. The Hall–Kier alpha value is -2.76. The minimum absolute atomic E-state index is 0.145. The minimum Gasteiger partial charge on any atom is -0.342 e. The number of hydrogen-bond acceptors (Lipinski definition) is 3. The quantitative estimate of drug-likeness (QED) is 0.605. The Morgan fingerprint density at radius 2 is 1.83 bits per heavy atom. The lowest BCUT2D eigenvalue weighted by molar-refractivity contribution is -0.131. The van der Waals surface area contributed by atoms with Crippen LogP contribution in [-0.4, -0.2) is 45.2 Å². The second-order valence-corrected chi connectivity index (χ2v) is 8.21. The van der Waals surface area contributed by atoms with Crippen molar-refractivity contribution in [3.63, 3.8) is 0 Å². The van der Waals surface area contributed by atoms with Crippen LogP contribution in [0.4, 0.5) is 4.39 Å². The molecule has 0 saturated carbocycles. The third kappa shape index (κ3) is 4.23. The van der Waals surface area contributed by atoms with Crippen molar-refractivity contribution < 1.29 is 9.18 Å². The Balaban J connectivity index is 1.73. The number of fused-ring (bicyclic) bond motifs is 1. The lowest BCUT2D eigenvalue weighted by atomic mass is 10.0. The van der Waals surface area contributed by atoms with Crippen molar-refractivity contribution in [3.8, 4) is 11.3 Å². The highest BCUT2D eigenvalue weighted by Crippen LogP contribution is 2.28. The normalized spacial score (nSPS) is 14.4. The van der Waals surface area contributed by atoms with Gasteiger partial charge in [-0.05, 0) is 57.6 Å². The number of piperidine rings is 1. The summed E-state index contributed by atoms with van der Waals surface area (Å²) in [5.74, 6) is 0.145. The number of hydrogen-bond donors (Lipinski definition) is 0. The van der Waals surface area contributed by atoms with Gasteiger partial charge in [0.25, 0.3) is 0 Å². The number of halogens is 1. The van der Waals surface area contributed by atoms with Crippen LogP contribution in [0.1, 0.15) is 48.2 Å². The van der Waals surface area contributed by atoms with Crippen molar-refractivity contribution in [3.05, 3.63) is 52.8 Å². The van der Waals surface area contributed by atoms with Crippen molar-refractivity contribution in [1.82, 2.24) is 19.5 Å². The fourth-order valence-corrected chi connectivity index (χ4v) is 4.27. The van der Waals surface area contributed by atoms with Crippen molar-refractivity contribution in [2.24, 2.45) is 0 Å². The fraction of sp³-hybridized carbons (Fsp3) is 0.458. The summed E-state index contributed by atoms with van der Waals surface area (Å²) in [6, 6.07) is 10.1. The van der Waals surface area contributed by atoms with Gasteiger partial charge in [-0.25, -0.2) is 9.50 Å². The lowest BCUT2D eigenvalue weighted by Gasteiger charge is -2.26. The molecule has 1 aromatic carbocycles. The molecule has 1 aliphatic rings. The maximum Gasteiger partial charge on any atom is 0.227 e. The fourth-order valence-electron chi connectivity index (χ4n) is 4.27. The Bertz CT molecular complexity index is 1040. The van der Waals surface area contributed by atoms with Crippen LogP contribution < -0.4 is 0 Å². The van der Waals surface area contributed by atoms with Crippen LogP contribution >= 0.6 is 0 Å². The molecule has 0 atom stereocenters. The maximum absolute atomic E-state index is 13.1. The monoisotopic (exact) mass is 408 g/mol. The summed E-state index contributed by atoms with van der Waals surface area (Å²) in [5.41, 5.74) is 6.43. The van der Waals surface area contributed by atoms with E-state index in [1.807, 2.05) is 53.6 Å². The Kier molecular flexibility index (Phi) is 6.11. The lowest BCUT2D eigenvalue weighted by Crippen LogP contribution is -2.36. The number of aryl methyl sites for hydroxylation is 3. The molecule has 0 aliphatic carbocycles. The Morgan fingerprint density at radius 3 is 2.53 bits per heavy atom. The van der Waals surface area contributed by atoms with Gasteiger partial charge in [0, 0.05) is 35.6 Å². The highest BCUT2D eigenvalue weighted by molar-refractivity contribution is 5.84. The van der Waals surface area contributed by atoms with Crippen LogP contribution in [0.5, 0.6) is 0 Å². The van der Waals surface area contributed by atoms with Crippen LogP contribution in [0, 0.1) is 13.8 Å². The van der Waals surface area contributed by atoms with Gasteiger partial charge in [0.15, 0.2) is 5.65 Å². The first-order valence-corrected chi connectivity index (χ1v) is 10.9. The van der Waals surface area contributed by atoms with Gasteiger partial charge in [-0.3, -0.25) is 9.18 Å². The van der Waals surface area contributed by atoms with Crippen molar-refractivity contribution in [2.45, 2.75) is 52.4 Å². The summed E-state index contributed by atoms with van der Waals surface area (Å²) >= 11 is 0. The highest BCUT2D eigenvalue weighted by Gasteiger charge is 2.23. The molecule has 0 bridgehead atoms.